The summed E-state index contributed by atoms with van der Waals surface area (Å²) in [6.45, 7) is 6.55. The third-order valence-corrected chi connectivity index (χ3v) is 2.33. The number of amides is 1. The van der Waals surface area contributed by atoms with E-state index in [1.807, 2.05) is 25.9 Å². The van der Waals surface area contributed by atoms with Crippen molar-refractivity contribution < 1.29 is 4.79 Å². The Labute approximate surface area is 79.1 Å². The second-order valence-corrected chi connectivity index (χ2v) is 3.46. The number of hydrogen-bond donors (Lipinski definition) is 1. The molecule has 0 atom stereocenters. The van der Waals surface area contributed by atoms with E-state index in [9.17, 15) is 4.79 Å². The normalized spacial score (nSPS) is 21.2. The first-order valence-electron chi connectivity index (χ1n) is 4.38. The Morgan fingerprint density at radius 2 is 2.15 bits per heavy atom. The molecule has 0 aromatic carbocycles. The minimum atomic E-state index is 0.00227. The van der Waals surface area contributed by atoms with Gasteiger partial charge >= 0.3 is 0 Å². The predicted molar refractivity (Wildman–Crippen MR) is 53.2 cm³/mol. The molecule has 1 N–H and O–H groups in total. The van der Waals surface area contributed by atoms with Crippen LogP contribution in [0.4, 0.5) is 0 Å². The summed E-state index contributed by atoms with van der Waals surface area (Å²) in [5.74, 6) is 0.00227. The molecule has 1 rings (SSSR count). The van der Waals surface area contributed by atoms with Crippen molar-refractivity contribution in [1.82, 2.24) is 10.2 Å². The molecule has 72 valence electrons. The second kappa shape index (κ2) is 3.64. The Hall–Kier alpha value is -1.25. The Morgan fingerprint density at radius 3 is 2.62 bits per heavy atom. The van der Waals surface area contributed by atoms with Crippen molar-refractivity contribution in [3.05, 3.63) is 23.4 Å². The van der Waals surface area contributed by atoms with Gasteiger partial charge in [0.15, 0.2) is 0 Å². The van der Waals surface area contributed by atoms with Crippen LogP contribution in [0.5, 0.6) is 0 Å². The number of carbonyl (C=O) groups is 1. The van der Waals surface area contributed by atoms with Crippen molar-refractivity contribution in [2.45, 2.75) is 13.3 Å². The van der Waals surface area contributed by atoms with Crippen molar-refractivity contribution in [2.75, 3.05) is 20.6 Å². The Balaban J connectivity index is 3.04. The number of piperidine rings is 1. The summed E-state index contributed by atoms with van der Waals surface area (Å²) in [5.41, 5.74) is 2.66. The first kappa shape index (κ1) is 9.84. The van der Waals surface area contributed by atoms with Crippen LogP contribution < -0.4 is 5.32 Å². The van der Waals surface area contributed by atoms with E-state index in [0.717, 1.165) is 23.3 Å². The fraction of sp³-hybridized carbons (Fsp3) is 0.500. The SMILES string of the molecule is C=C1CCNC(=O)/C1=C(\C)N(C)C. The zero-order chi connectivity index (χ0) is 10.0. The van der Waals surface area contributed by atoms with Crippen LogP contribution in [0.2, 0.25) is 0 Å². The fourth-order valence-corrected chi connectivity index (χ4v) is 1.34. The molecule has 0 radical (unpaired) electrons. The molecule has 1 aliphatic rings. The summed E-state index contributed by atoms with van der Waals surface area (Å²) in [6, 6.07) is 0. The number of hydrogen-bond acceptors (Lipinski definition) is 2. The van der Waals surface area contributed by atoms with Crippen LogP contribution in [0.3, 0.4) is 0 Å². The second-order valence-electron chi connectivity index (χ2n) is 3.46. The number of carbonyl (C=O) groups excluding carboxylic acids is 1. The van der Waals surface area contributed by atoms with Gasteiger partial charge < -0.3 is 10.2 Å². The zero-order valence-corrected chi connectivity index (χ0v) is 8.48. The van der Waals surface area contributed by atoms with E-state index in [4.69, 9.17) is 0 Å². The molecule has 1 heterocycles. The standard InChI is InChI=1S/C10H16N2O/c1-7-5-6-11-10(13)9(7)8(2)12(3)4/h1,5-6H2,2-4H3,(H,11,13)/b9-8+. The van der Waals surface area contributed by atoms with Crippen LogP contribution in [0.1, 0.15) is 13.3 Å². The molecule has 0 aliphatic carbocycles. The number of nitrogens with zero attached hydrogens (tertiary/aromatic N) is 1. The van der Waals surface area contributed by atoms with E-state index in [-0.39, 0.29) is 5.91 Å². The minimum Gasteiger partial charge on any atom is -0.381 e. The summed E-state index contributed by atoms with van der Waals surface area (Å²) >= 11 is 0. The highest BCUT2D eigenvalue weighted by molar-refractivity contribution is 5.99. The summed E-state index contributed by atoms with van der Waals surface area (Å²) in [6.07, 6.45) is 0.853. The molecule has 0 saturated carbocycles. The lowest BCUT2D eigenvalue weighted by molar-refractivity contribution is -0.117. The predicted octanol–water partition coefficient (Wildman–Crippen LogP) is 0.898. The van der Waals surface area contributed by atoms with E-state index in [1.54, 1.807) is 0 Å². The van der Waals surface area contributed by atoms with Crippen LogP contribution in [-0.4, -0.2) is 31.4 Å². The quantitative estimate of drug-likeness (QED) is 0.608. The van der Waals surface area contributed by atoms with Crippen molar-refractivity contribution in [1.29, 1.82) is 0 Å². The molecular formula is C10H16N2O. The topological polar surface area (TPSA) is 32.3 Å². The van der Waals surface area contributed by atoms with Gasteiger partial charge in [-0.1, -0.05) is 6.58 Å². The van der Waals surface area contributed by atoms with E-state index in [2.05, 4.69) is 11.9 Å². The summed E-state index contributed by atoms with van der Waals surface area (Å²) in [7, 11) is 3.86. The van der Waals surface area contributed by atoms with Crippen molar-refractivity contribution >= 4 is 5.91 Å². The molecule has 0 unspecified atom stereocenters. The average Bonchev–Trinajstić information content (AvgIpc) is 2.03. The van der Waals surface area contributed by atoms with E-state index in [0.29, 0.717) is 6.54 Å². The summed E-state index contributed by atoms with van der Waals surface area (Å²) in [5, 5.41) is 2.81. The van der Waals surface area contributed by atoms with Crippen LogP contribution in [-0.2, 0) is 4.79 Å². The lowest BCUT2D eigenvalue weighted by atomic mass is 9.98. The molecule has 1 amide bonds. The molecular weight excluding hydrogens is 164 g/mol. The molecule has 0 spiro atoms. The molecule has 0 aromatic rings. The van der Waals surface area contributed by atoms with E-state index >= 15 is 0 Å². The van der Waals surface area contributed by atoms with Gasteiger partial charge in [0.2, 0.25) is 0 Å². The van der Waals surface area contributed by atoms with Gasteiger partial charge in [0.05, 0.1) is 5.57 Å². The molecule has 1 fully saturated rings. The van der Waals surface area contributed by atoms with Gasteiger partial charge in [-0.15, -0.1) is 0 Å². The fourth-order valence-electron chi connectivity index (χ4n) is 1.34. The van der Waals surface area contributed by atoms with Crippen molar-refractivity contribution in [2.24, 2.45) is 0 Å². The third-order valence-electron chi connectivity index (χ3n) is 2.33. The zero-order valence-electron chi connectivity index (χ0n) is 8.48. The monoisotopic (exact) mass is 180 g/mol. The van der Waals surface area contributed by atoms with Gasteiger partial charge in [0.25, 0.3) is 5.91 Å². The number of rotatable bonds is 1. The van der Waals surface area contributed by atoms with Crippen molar-refractivity contribution in [3.8, 4) is 0 Å². The van der Waals surface area contributed by atoms with Crippen LogP contribution in [0.25, 0.3) is 0 Å². The maximum absolute atomic E-state index is 11.5. The number of nitrogens with one attached hydrogen (secondary N) is 1. The Bertz CT molecular complexity index is 259. The van der Waals surface area contributed by atoms with Gasteiger partial charge in [0.1, 0.15) is 0 Å². The van der Waals surface area contributed by atoms with Crippen LogP contribution in [0, 0.1) is 0 Å². The van der Waals surface area contributed by atoms with Gasteiger partial charge in [0, 0.05) is 26.3 Å². The van der Waals surface area contributed by atoms with Gasteiger partial charge in [-0.25, -0.2) is 0 Å². The minimum absolute atomic E-state index is 0.00227. The third kappa shape index (κ3) is 1.91. The highest BCUT2D eigenvalue weighted by Gasteiger charge is 2.20. The highest BCUT2D eigenvalue weighted by atomic mass is 16.1. The van der Waals surface area contributed by atoms with Gasteiger partial charge in [-0.05, 0) is 18.9 Å². The maximum atomic E-state index is 11.5. The smallest absolute Gasteiger partial charge is 0.253 e. The number of allylic oxidation sites excluding steroid dienone is 1. The summed E-state index contributed by atoms with van der Waals surface area (Å²) in [4.78, 5) is 13.4. The average molecular weight is 180 g/mol. The van der Waals surface area contributed by atoms with Crippen molar-refractivity contribution in [3.63, 3.8) is 0 Å². The molecule has 3 heteroatoms. The molecule has 3 nitrogen and oxygen atoms in total. The molecule has 0 bridgehead atoms. The first-order valence-corrected chi connectivity index (χ1v) is 4.38. The Morgan fingerprint density at radius 1 is 1.54 bits per heavy atom. The first-order chi connectivity index (χ1) is 6.04. The molecule has 1 saturated heterocycles. The van der Waals surface area contributed by atoms with E-state index < -0.39 is 0 Å². The Kier molecular flexibility index (Phi) is 2.76. The molecule has 13 heavy (non-hydrogen) atoms. The molecule has 0 aromatic heterocycles. The van der Waals surface area contributed by atoms with Crippen LogP contribution in [0.15, 0.2) is 23.4 Å². The highest BCUT2D eigenvalue weighted by Crippen LogP contribution is 2.20. The van der Waals surface area contributed by atoms with Crippen LogP contribution >= 0.6 is 0 Å². The molecule has 1 aliphatic heterocycles. The van der Waals surface area contributed by atoms with Gasteiger partial charge in [-0.3, -0.25) is 4.79 Å². The van der Waals surface area contributed by atoms with E-state index in [1.165, 1.54) is 0 Å². The maximum Gasteiger partial charge on any atom is 0.253 e. The summed E-state index contributed by atoms with van der Waals surface area (Å²) < 4.78 is 0. The largest absolute Gasteiger partial charge is 0.381 e. The van der Waals surface area contributed by atoms with Gasteiger partial charge in [-0.2, -0.15) is 0 Å². The lowest BCUT2D eigenvalue weighted by Gasteiger charge is -2.23. The lowest BCUT2D eigenvalue weighted by Crippen LogP contribution is -2.34.